The molecule has 0 saturated heterocycles. The SMILES string of the molecule is O=C1OS(=O)(=O)c2c(Br)c(Br)c(Br)c(Br)c21. The number of hydrogen-bond acceptors (Lipinski definition) is 4. The van der Waals surface area contributed by atoms with Gasteiger partial charge in [0, 0.05) is 13.4 Å². The van der Waals surface area contributed by atoms with Gasteiger partial charge in [0.15, 0.2) is 0 Å². The van der Waals surface area contributed by atoms with Crippen molar-refractivity contribution in [2.24, 2.45) is 0 Å². The molecule has 0 bridgehead atoms. The predicted molar refractivity (Wildman–Crippen MR) is 69.8 cm³/mol. The summed E-state index contributed by atoms with van der Waals surface area (Å²) in [5, 5.41) is 0. The normalized spacial score (nSPS) is 17.1. The number of carbonyl (C=O) groups is 1. The van der Waals surface area contributed by atoms with Gasteiger partial charge in [-0.05, 0) is 63.7 Å². The largest absolute Gasteiger partial charge is 0.356 e. The Labute approximate surface area is 124 Å². The molecule has 0 saturated carbocycles. The van der Waals surface area contributed by atoms with Gasteiger partial charge in [0.05, 0.1) is 10.0 Å². The van der Waals surface area contributed by atoms with E-state index in [4.69, 9.17) is 0 Å². The van der Waals surface area contributed by atoms with Crippen molar-refractivity contribution in [2.75, 3.05) is 0 Å². The van der Waals surface area contributed by atoms with Crippen LogP contribution in [0.3, 0.4) is 0 Å². The first-order valence-electron chi connectivity index (χ1n) is 3.62. The molecule has 16 heavy (non-hydrogen) atoms. The molecule has 86 valence electrons. The highest BCUT2D eigenvalue weighted by atomic mass is 79.9. The highest BCUT2D eigenvalue weighted by Crippen LogP contribution is 2.47. The fraction of sp³-hybridized carbons (Fsp3) is 0. The molecule has 1 aliphatic heterocycles. The molecule has 0 N–H and O–H groups in total. The lowest BCUT2D eigenvalue weighted by Gasteiger charge is -2.06. The zero-order chi connectivity index (χ0) is 12.2. The van der Waals surface area contributed by atoms with Crippen LogP contribution in [0.2, 0.25) is 0 Å². The summed E-state index contributed by atoms with van der Waals surface area (Å²) in [4.78, 5) is 11.3. The van der Waals surface area contributed by atoms with E-state index in [0.29, 0.717) is 13.4 Å². The third-order valence-corrected chi connectivity index (χ3v) is 8.17. The third-order valence-electron chi connectivity index (χ3n) is 1.86. The highest BCUT2D eigenvalue weighted by Gasteiger charge is 2.41. The van der Waals surface area contributed by atoms with Crippen LogP contribution in [0.5, 0.6) is 0 Å². The molecule has 0 spiro atoms. The lowest BCUT2D eigenvalue weighted by molar-refractivity contribution is 0.0762. The molecule has 1 aliphatic rings. The van der Waals surface area contributed by atoms with Crippen LogP contribution in [0.4, 0.5) is 0 Å². The van der Waals surface area contributed by atoms with E-state index in [0.717, 1.165) is 0 Å². The number of halogens is 4. The Hall–Kier alpha value is 0.560. The first-order chi connectivity index (χ1) is 7.27. The van der Waals surface area contributed by atoms with E-state index in [1.165, 1.54) is 0 Å². The minimum Gasteiger partial charge on any atom is -0.338 e. The second-order valence-electron chi connectivity index (χ2n) is 2.78. The van der Waals surface area contributed by atoms with Crippen molar-refractivity contribution in [3.8, 4) is 0 Å². The average Bonchev–Trinajstić information content (AvgIpc) is 2.42. The molecule has 0 aliphatic carbocycles. The summed E-state index contributed by atoms with van der Waals surface area (Å²) in [5.74, 6) is -0.893. The van der Waals surface area contributed by atoms with Crippen molar-refractivity contribution < 1.29 is 17.4 Å². The van der Waals surface area contributed by atoms with Gasteiger partial charge in [-0.15, -0.1) is 0 Å². The molecule has 2 rings (SSSR count). The van der Waals surface area contributed by atoms with E-state index < -0.39 is 16.1 Å². The number of rotatable bonds is 0. The molecular formula is C7Br4O4S. The van der Waals surface area contributed by atoms with Crippen molar-refractivity contribution in [2.45, 2.75) is 4.90 Å². The Kier molecular flexibility index (Phi) is 3.29. The van der Waals surface area contributed by atoms with Crippen molar-refractivity contribution in [3.63, 3.8) is 0 Å². The topological polar surface area (TPSA) is 60.4 Å². The van der Waals surface area contributed by atoms with E-state index in [9.17, 15) is 13.2 Å². The molecule has 0 fully saturated rings. The molecule has 1 heterocycles. The molecule has 0 unspecified atom stereocenters. The number of benzene rings is 1. The van der Waals surface area contributed by atoms with Crippen LogP contribution in [0.15, 0.2) is 22.8 Å². The zero-order valence-corrected chi connectivity index (χ0v) is 14.2. The predicted octanol–water partition coefficient (Wildman–Crippen LogP) is 3.60. The van der Waals surface area contributed by atoms with Gasteiger partial charge >= 0.3 is 16.1 Å². The summed E-state index contributed by atoms with van der Waals surface area (Å²) in [6.07, 6.45) is 0. The maximum Gasteiger partial charge on any atom is 0.356 e. The second-order valence-corrected chi connectivity index (χ2v) is 7.44. The van der Waals surface area contributed by atoms with Crippen LogP contribution >= 0.6 is 63.7 Å². The third kappa shape index (κ3) is 1.71. The molecule has 1 aromatic carbocycles. The maximum atomic E-state index is 11.6. The van der Waals surface area contributed by atoms with E-state index in [1.54, 1.807) is 0 Å². The summed E-state index contributed by atoms with van der Waals surface area (Å²) in [6, 6.07) is 0. The van der Waals surface area contributed by atoms with Crippen LogP contribution in [0, 0.1) is 0 Å². The summed E-state index contributed by atoms with van der Waals surface area (Å²) in [7, 11) is -4.02. The van der Waals surface area contributed by atoms with Crippen molar-refractivity contribution in [3.05, 3.63) is 23.5 Å². The van der Waals surface area contributed by atoms with E-state index >= 15 is 0 Å². The van der Waals surface area contributed by atoms with Crippen LogP contribution in [0.25, 0.3) is 0 Å². The van der Waals surface area contributed by atoms with Gasteiger partial charge < -0.3 is 4.18 Å². The Balaban J connectivity index is 3.03. The first-order valence-corrected chi connectivity index (χ1v) is 8.20. The highest BCUT2D eigenvalue weighted by molar-refractivity contribution is 9.15. The molecule has 9 heteroatoms. The quantitative estimate of drug-likeness (QED) is 0.311. The van der Waals surface area contributed by atoms with Crippen LogP contribution in [-0.4, -0.2) is 14.4 Å². The van der Waals surface area contributed by atoms with Gasteiger partial charge in [0.1, 0.15) is 4.90 Å². The molecule has 4 nitrogen and oxygen atoms in total. The molecule has 0 aromatic heterocycles. The lowest BCUT2D eigenvalue weighted by Crippen LogP contribution is -1.99. The van der Waals surface area contributed by atoms with Gasteiger partial charge in [-0.25, -0.2) is 4.79 Å². The van der Waals surface area contributed by atoms with Gasteiger partial charge in [-0.1, -0.05) is 0 Å². The minimum atomic E-state index is -4.02. The maximum absolute atomic E-state index is 11.6. The standard InChI is InChI=1S/C7Br4O4S/c8-2-1-6(5(11)4(10)3(2)9)16(13,14)15-7(1)12. The lowest BCUT2D eigenvalue weighted by atomic mass is 10.2. The molecule has 0 atom stereocenters. The Morgan fingerprint density at radius 3 is 1.94 bits per heavy atom. The minimum absolute atomic E-state index is 0.0121. The van der Waals surface area contributed by atoms with Crippen molar-refractivity contribution in [1.29, 1.82) is 0 Å². The van der Waals surface area contributed by atoms with E-state index in [1.807, 2.05) is 0 Å². The van der Waals surface area contributed by atoms with Crippen LogP contribution < -0.4 is 0 Å². The zero-order valence-electron chi connectivity index (χ0n) is 7.05. The average molecular weight is 500 g/mol. The van der Waals surface area contributed by atoms with Crippen molar-refractivity contribution in [1.82, 2.24) is 0 Å². The Morgan fingerprint density at radius 2 is 1.38 bits per heavy atom. The Bertz CT molecular complexity index is 622. The summed E-state index contributed by atoms with van der Waals surface area (Å²) in [5.41, 5.74) is -0.0121. The van der Waals surface area contributed by atoms with Crippen molar-refractivity contribution >= 4 is 79.8 Å². The van der Waals surface area contributed by atoms with Gasteiger partial charge in [0.25, 0.3) is 0 Å². The van der Waals surface area contributed by atoms with Crippen LogP contribution in [0.1, 0.15) is 10.4 Å². The van der Waals surface area contributed by atoms with Gasteiger partial charge in [0.2, 0.25) is 0 Å². The van der Waals surface area contributed by atoms with Crippen LogP contribution in [-0.2, 0) is 14.3 Å². The smallest absolute Gasteiger partial charge is 0.338 e. The summed E-state index contributed by atoms with van der Waals surface area (Å²) in [6.45, 7) is 0. The molecule has 0 radical (unpaired) electrons. The fourth-order valence-electron chi connectivity index (χ4n) is 1.21. The first kappa shape index (κ1) is 13.0. The number of carbonyl (C=O) groups excluding carboxylic acids is 1. The monoisotopic (exact) mass is 496 g/mol. The molecule has 1 aromatic rings. The summed E-state index contributed by atoms with van der Waals surface area (Å²) < 4.78 is 29.1. The fourth-order valence-corrected chi connectivity index (χ4v) is 5.47. The molecular weight excluding hydrogens is 500 g/mol. The summed E-state index contributed by atoms with van der Waals surface area (Å²) >= 11 is 12.7. The second kappa shape index (κ2) is 4.04. The van der Waals surface area contributed by atoms with Gasteiger partial charge in [-0.2, -0.15) is 8.42 Å². The Morgan fingerprint density at radius 1 is 0.875 bits per heavy atom. The number of fused-ring (bicyclic) bond motifs is 1. The van der Waals surface area contributed by atoms with E-state index in [-0.39, 0.29) is 14.9 Å². The molecule has 0 amide bonds. The van der Waals surface area contributed by atoms with Gasteiger partial charge in [-0.3, -0.25) is 0 Å². The number of hydrogen-bond donors (Lipinski definition) is 0. The van der Waals surface area contributed by atoms with E-state index in [2.05, 4.69) is 67.9 Å².